The van der Waals surface area contributed by atoms with Crippen LogP contribution in [0.15, 0.2) is 35.8 Å². The minimum absolute atomic E-state index is 0.139. The number of nitrogens with zero attached hydrogens (tertiary/aromatic N) is 2. The molecule has 1 aromatic heterocycles. The van der Waals surface area contributed by atoms with Crippen molar-refractivity contribution in [2.24, 2.45) is 0 Å². The van der Waals surface area contributed by atoms with Crippen molar-refractivity contribution in [3.05, 3.63) is 52.2 Å². The summed E-state index contributed by atoms with van der Waals surface area (Å²) in [7, 11) is 0. The maximum Gasteiger partial charge on any atom is 0.410 e. The van der Waals surface area contributed by atoms with Crippen molar-refractivity contribution in [1.29, 1.82) is 0 Å². The van der Waals surface area contributed by atoms with Gasteiger partial charge in [0.2, 0.25) is 5.91 Å². The molecule has 0 aliphatic rings. The Bertz CT molecular complexity index is 704. The summed E-state index contributed by atoms with van der Waals surface area (Å²) in [6.07, 6.45) is -3.27. The van der Waals surface area contributed by atoms with Crippen molar-refractivity contribution < 1.29 is 22.4 Å². The Morgan fingerprint density at radius 1 is 1.31 bits per heavy atom. The fourth-order valence-corrected chi connectivity index (χ4v) is 3.33. The minimum atomic E-state index is -4.56. The molecule has 0 saturated heterocycles. The molecule has 0 spiro atoms. The molecule has 0 aliphatic carbocycles. The van der Waals surface area contributed by atoms with Gasteiger partial charge in [0, 0.05) is 18.1 Å². The maximum atomic E-state index is 13.2. The van der Waals surface area contributed by atoms with E-state index in [2.05, 4.69) is 10.3 Å². The number of benzene rings is 1. The number of hydrogen-bond acceptors (Lipinski definition) is 4. The van der Waals surface area contributed by atoms with Crippen LogP contribution in [0.4, 0.5) is 17.6 Å². The smallest absolute Gasteiger partial charge is 0.335 e. The third kappa shape index (κ3) is 5.01. The van der Waals surface area contributed by atoms with E-state index in [1.165, 1.54) is 28.6 Å². The number of likely N-dealkylation sites (N-methyl/N-ethyl adjacent to an activating group) is 1. The van der Waals surface area contributed by atoms with Crippen molar-refractivity contribution in [2.75, 3.05) is 13.1 Å². The van der Waals surface area contributed by atoms with Gasteiger partial charge in [-0.15, -0.1) is 11.3 Å². The van der Waals surface area contributed by atoms with E-state index in [-0.39, 0.29) is 11.0 Å². The number of carbonyl (C=O) groups excluding carboxylic acids is 1. The highest BCUT2D eigenvalue weighted by molar-refractivity contribution is 7.09. The van der Waals surface area contributed by atoms with Crippen LogP contribution in [0.2, 0.25) is 0 Å². The molecule has 0 bridgehead atoms. The predicted octanol–water partition coefficient (Wildman–Crippen LogP) is 4.08. The molecule has 1 aromatic carbocycles. The predicted molar refractivity (Wildman–Crippen MR) is 91.1 cm³/mol. The van der Waals surface area contributed by atoms with Gasteiger partial charge in [-0.25, -0.2) is 9.37 Å². The number of carbonyl (C=O) groups is 1. The average molecular weight is 389 g/mol. The molecule has 4 nitrogen and oxygen atoms in total. The second kappa shape index (κ2) is 8.59. The lowest BCUT2D eigenvalue weighted by Gasteiger charge is -2.29. The molecule has 0 saturated carbocycles. The first-order valence-electron chi connectivity index (χ1n) is 7.98. The summed E-state index contributed by atoms with van der Waals surface area (Å²) in [5.41, 5.74) is 0.703. The first-order valence-corrected chi connectivity index (χ1v) is 8.86. The number of hydrogen-bond donors (Lipinski definition) is 1. The van der Waals surface area contributed by atoms with Gasteiger partial charge < -0.3 is 4.90 Å². The molecule has 0 radical (unpaired) electrons. The van der Waals surface area contributed by atoms with E-state index in [1.54, 1.807) is 26.0 Å². The number of nitrogens with one attached hydrogen (secondary N) is 1. The van der Waals surface area contributed by atoms with Crippen LogP contribution < -0.4 is 5.32 Å². The zero-order valence-electron chi connectivity index (χ0n) is 14.3. The number of aromatic nitrogens is 1. The molecule has 1 amide bonds. The van der Waals surface area contributed by atoms with Crippen LogP contribution in [0.25, 0.3) is 0 Å². The average Bonchev–Trinajstić information content (AvgIpc) is 3.09. The fourth-order valence-electron chi connectivity index (χ4n) is 2.60. The third-order valence-electron chi connectivity index (χ3n) is 3.96. The molecular weight excluding hydrogens is 370 g/mol. The van der Waals surface area contributed by atoms with E-state index in [9.17, 15) is 22.4 Å². The second-order valence-corrected chi connectivity index (χ2v) is 6.56. The lowest BCUT2D eigenvalue weighted by molar-refractivity contribution is -0.159. The maximum absolute atomic E-state index is 13.2. The summed E-state index contributed by atoms with van der Waals surface area (Å²) < 4.78 is 52.7. The van der Waals surface area contributed by atoms with Gasteiger partial charge in [-0.3, -0.25) is 10.1 Å². The zero-order valence-corrected chi connectivity index (χ0v) is 15.1. The van der Waals surface area contributed by atoms with Crippen molar-refractivity contribution in [2.45, 2.75) is 32.1 Å². The quantitative estimate of drug-likeness (QED) is 0.726. The SMILES string of the molecule is CCN(C(=O)CNC(c1nccs1)C(F)(F)F)C(C)c1ccc(F)cc1. The summed E-state index contributed by atoms with van der Waals surface area (Å²) in [5.74, 6) is -0.872. The Morgan fingerprint density at radius 3 is 2.46 bits per heavy atom. The highest BCUT2D eigenvalue weighted by Crippen LogP contribution is 2.33. The van der Waals surface area contributed by atoms with Gasteiger partial charge in [-0.2, -0.15) is 13.2 Å². The van der Waals surface area contributed by atoms with Crippen molar-refractivity contribution in [3.8, 4) is 0 Å². The van der Waals surface area contributed by atoms with Crippen molar-refractivity contribution in [3.63, 3.8) is 0 Å². The summed E-state index contributed by atoms with van der Waals surface area (Å²) in [4.78, 5) is 17.6. The zero-order chi connectivity index (χ0) is 19.3. The standard InChI is InChI=1S/C17H19F4N3OS/c1-3-24(11(2)12-4-6-13(18)7-5-12)14(25)10-23-15(17(19,20)21)16-22-8-9-26-16/h4-9,11,15,23H,3,10H2,1-2H3. The molecule has 2 rings (SSSR count). The summed E-state index contributed by atoms with van der Waals surface area (Å²) in [6.45, 7) is 3.31. The molecule has 2 atom stereocenters. The first-order chi connectivity index (χ1) is 12.2. The Morgan fingerprint density at radius 2 is 1.96 bits per heavy atom. The monoisotopic (exact) mass is 389 g/mol. The van der Waals surface area contributed by atoms with E-state index in [4.69, 9.17) is 0 Å². The number of rotatable bonds is 7. The van der Waals surface area contributed by atoms with Gasteiger partial charge in [0.05, 0.1) is 12.6 Å². The summed E-state index contributed by atoms with van der Waals surface area (Å²) >= 11 is 0.874. The van der Waals surface area contributed by atoms with Crippen LogP contribution in [-0.2, 0) is 4.79 Å². The Labute approximate surface area is 152 Å². The molecular formula is C17H19F4N3OS. The number of amides is 1. The first kappa shape index (κ1) is 20.3. The van der Waals surface area contributed by atoms with Gasteiger partial charge in [-0.05, 0) is 31.5 Å². The highest BCUT2D eigenvalue weighted by atomic mass is 32.1. The van der Waals surface area contributed by atoms with E-state index in [0.717, 1.165) is 11.3 Å². The normalized spacial score (nSPS) is 14.1. The topological polar surface area (TPSA) is 45.2 Å². The molecule has 0 fully saturated rings. The van der Waals surface area contributed by atoms with Gasteiger partial charge in [0.25, 0.3) is 0 Å². The fraction of sp³-hybridized carbons (Fsp3) is 0.412. The molecule has 0 aliphatic heterocycles. The highest BCUT2D eigenvalue weighted by Gasteiger charge is 2.42. The molecule has 26 heavy (non-hydrogen) atoms. The van der Waals surface area contributed by atoms with E-state index in [0.29, 0.717) is 12.1 Å². The van der Waals surface area contributed by atoms with Crippen LogP contribution in [-0.4, -0.2) is 35.1 Å². The molecule has 2 aromatic rings. The largest absolute Gasteiger partial charge is 0.410 e. The van der Waals surface area contributed by atoms with Crippen LogP contribution in [0.1, 0.15) is 36.5 Å². The molecule has 1 heterocycles. The molecule has 142 valence electrons. The molecule has 2 unspecified atom stereocenters. The van der Waals surface area contributed by atoms with E-state index in [1.807, 2.05) is 0 Å². The van der Waals surface area contributed by atoms with Gasteiger partial charge in [0.1, 0.15) is 10.8 Å². The van der Waals surface area contributed by atoms with Gasteiger partial charge >= 0.3 is 6.18 Å². The Balaban J connectivity index is 2.07. The Kier molecular flexibility index (Phi) is 6.71. The van der Waals surface area contributed by atoms with E-state index >= 15 is 0 Å². The van der Waals surface area contributed by atoms with Crippen molar-refractivity contribution in [1.82, 2.24) is 15.2 Å². The van der Waals surface area contributed by atoms with Gasteiger partial charge in [-0.1, -0.05) is 12.1 Å². The minimum Gasteiger partial charge on any atom is -0.335 e. The summed E-state index contributed by atoms with van der Waals surface area (Å²) in [5, 5.41) is 3.58. The lowest BCUT2D eigenvalue weighted by Crippen LogP contribution is -2.43. The molecule has 9 heteroatoms. The number of alkyl halides is 3. The van der Waals surface area contributed by atoms with E-state index < -0.39 is 30.5 Å². The Hall–Kier alpha value is -2.00. The lowest BCUT2D eigenvalue weighted by atomic mass is 10.1. The van der Waals surface area contributed by atoms with Crippen LogP contribution in [0.3, 0.4) is 0 Å². The van der Waals surface area contributed by atoms with Gasteiger partial charge in [0.15, 0.2) is 6.04 Å². The summed E-state index contributed by atoms with van der Waals surface area (Å²) in [6, 6.07) is 3.29. The van der Waals surface area contributed by atoms with Crippen LogP contribution in [0.5, 0.6) is 0 Å². The van der Waals surface area contributed by atoms with Crippen LogP contribution in [0, 0.1) is 5.82 Å². The number of thiazole rings is 1. The molecule has 1 N–H and O–H groups in total. The second-order valence-electron chi connectivity index (χ2n) is 5.63. The van der Waals surface area contributed by atoms with Crippen molar-refractivity contribution >= 4 is 17.2 Å². The third-order valence-corrected chi connectivity index (χ3v) is 4.80. The van der Waals surface area contributed by atoms with Crippen LogP contribution >= 0.6 is 11.3 Å². The number of halogens is 4.